The van der Waals surface area contributed by atoms with Crippen LogP contribution in [0.25, 0.3) is 11.3 Å². The molecule has 7 heteroatoms. The van der Waals surface area contributed by atoms with Crippen molar-refractivity contribution in [3.05, 3.63) is 52.2 Å². The minimum absolute atomic E-state index is 0.0624. The summed E-state index contributed by atoms with van der Waals surface area (Å²) in [6, 6.07) is 7.77. The van der Waals surface area contributed by atoms with Gasteiger partial charge in [-0.15, -0.1) is 0 Å². The van der Waals surface area contributed by atoms with Crippen molar-refractivity contribution in [3.8, 4) is 17.0 Å². The van der Waals surface area contributed by atoms with E-state index in [1.165, 1.54) is 18.3 Å². The highest BCUT2D eigenvalue weighted by Crippen LogP contribution is 2.35. The SMILES string of the molecule is CC1(C)OC(=O)c2cnc(-c3ccccc3[N+](=O)[O-])cc2O1. The molecule has 2 aromatic rings. The molecule has 1 aliphatic heterocycles. The van der Waals surface area contributed by atoms with E-state index >= 15 is 0 Å². The summed E-state index contributed by atoms with van der Waals surface area (Å²) in [5, 5.41) is 11.1. The lowest BCUT2D eigenvalue weighted by atomic mass is 10.1. The van der Waals surface area contributed by atoms with Gasteiger partial charge < -0.3 is 9.47 Å². The molecule has 112 valence electrons. The number of nitro groups is 1. The zero-order valence-electron chi connectivity index (χ0n) is 11.9. The van der Waals surface area contributed by atoms with Crippen LogP contribution in [0.2, 0.25) is 0 Å². The maximum Gasteiger partial charge on any atom is 0.346 e. The number of pyridine rings is 1. The van der Waals surface area contributed by atoms with E-state index in [0.717, 1.165) is 0 Å². The van der Waals surface area contributed by atoms with E-state index in [4.69, 9.17) is 9.47 Å². The van der Waals surface area contributed by atoms with Crippen molar-refractivity contribution in [2.45, 2.75) is 19.6 Å². The predicted molar refractivity (Wildman–Crippen MR) is 76.4 cm³/mol. The van der Waals surface area contributed by atoms with Crippen LogP contribution in [-0.4, -0.2) is 21.7 Å². The van der Waals surface area contributed by atoms with Gasteiger partial charge in [-0.2, -0.15) is 0 Å². The second-order valence-electron chi connectivity index (χ2n) is 5.23. The molecule has 0 spiro atoms. The van der Waals surface area contributed by atoms with Gasteiger partial charge in [0.05, 0.1) is 16.2 Å². The third kappa shape index (κ3) is 2.37. The number of esters is 1. The van der Waals surface area contributed by atoms with Crippen LogP contribution in [0.15, 0.2) is 36.5 Å². The highest BCUT2D eigenvalue weighted by molar-refractivity contribution is 5.94. The number of fused-ring (bicyclic) bond motifs is 1. The lowest BCUT2D eigenvalue weighted by Gasteiger charge is -2.31. The average molecular weight is 300 g/mol. The molecule has 1 aliphatic rings. The summed E-state index contributed by atoms with van der Waals surface area (Å²) >= 11 is 0. The number of benzene rings is 1. The monoisotopic (exact) mass is 300 g/mol. The zero-order valence-corrected chi connectivity index (χ0v) is 11.9. The van der Waals surface area contributed by atoms with Crippen LogP contribution in [-0.2, 0) is 4.74 Å². The topological polar surface area (TPSA) is 91.6 Å². The Morgan fingerprint density at radius 1 is 1.18 bits per heavy atom. The Labute approximate surface area is 125 Å². The van der Waals surface area contributed by atoms with Gasteiger partial charge in [0, 0.05) is 32.2 Å². The number of cyclic esters (lactones) is 1. The van der Waals surface area contributed by atoms with Gasteiger partial charge in [0.2, 0.25) is 5.79 Å². The first-order chi connectivity index (χ1) is 10.4. The number of rotatable bonds is 2. The highest BCUT2D eigenvalue weighted by Gasteiger charge is 2.34. The lowest BCUT2D eigenvalue weighted by molar-refractivity contribution is -0.384. The van der Waals surface area contributed by atoms with Crippen molar-refractivity contribution in [3.63, 3.8) is 0 Å². The molecule has 0 fully saturated rings. The van der Waals surface area contributed by atoms with Crippen molar-refractivity contribution in [1.29, 1.82) is 0 Å². The molecule has 0 saturated heterocycles. The summed E-state index contributed by atoms with van der Waals surface area (Å²) in [6.45, 7) is 3.22. The van der Waals surface area contributed by atoms with Gasteiger partial charge in [0.25, 0.3) is 5.69 Å². The fourth-order valence-electron chi connectivity index (χ4n) is 2.24. The van der Waals surface area contributed by atoms with Crippen LogP contribution in [0.5, 0.6) is 5.75 Å². The number of nitro benzene ring substituents is 1. The molecule has 3 rings (SSSR count). The van der Waals surface area contributed by atoms with Gasteiger partial charge in [0.15, 0.2) is 0 Å². The Bertz CT molecular complexity index is 785. The number of ether oxygens (including phenoxy) is 2. The fourth-order valence-corrected chi connectivity index (χ4v) is 2.24. The van der Waals surface area contributed by atoms with Crippen molar-refractivity contribution >= 4 is 11.7 Å². The van der Waals surface area contributed by atoms with Crippen molar-refractivity contribution < 1.29 is 19.2 Å². The number of carbonyl (C=O) groups excluding carboxylic acids is 1. The van der Waals surface area contributed by atoms with Gasteiger partial charge in [-0.3, -0.25) is 15.1 Å². The summed E-state index contributed by atoms with van der Waals surface area (Å²) in [5.74, 6) is -1.33. The van der Waals surface area contributed by atoms with Crippen molar-refractivity contribution in [2.75, 3.05) is 0 Å². The van der Waals surface area contributed by atoms with E-state index in [2.05, 4.69) is 4.98 Å². The molecule has 0 amide bonds. The average Bonchev–Trinajstić information content (AvgIpc) is 2.45. The van der Waals surface area contributed by atoms with Crippen LogP contribution >= 0.6 is 0 Å². The first-order valence-corrected chi connectivity index (χ1v) is 6.53. The minimum Gasteiger partial charge on any atom is -0.452 e. The number of hydrogen-bond acceptors (Lipinski definition) is 6. The van der Waals surface area contributed by atoms with Crippen LogP contribution in [0, 0.1) is 10.1 Å². The lowest BCUT2D eigenvalue weighted by Crippen LogP contribution is -2.38. The van der Waals surface area contributed by atoms with E-state index < -0.39 is 16.7 Å². The number of hydrogen-bond donors (Lipinski definition) is 0. The number of aromatic nitrogens is 1. The Morgan fingerprint density at radius 3 is 2.64 bits per heavy atom. The normalized spacial score (nSPS) is 15.5. The molecule has 0 N–H and O–H groups in total. The number of nitrogens with zero attached hydrogens (tertiary/aromatic N) is 2. The van der Waals surface area contributed by atoms with Gasteiger partial charge >= 0.3 is 5.97 Å². The summed E-state index contributed by atoms with van der Waals surface area (Å²) in [5.41, 5.74) is 0.849. The summed E-state index contributed by atoms with van der Waals surface area (Å²) in [4.78, 5) is 26.6. The molecule has 2 heterocycles. The summed E-state index contributed by atoms with van der Waals surface area (Å²) in [6.07, 6.45) is 1.30. The first kappa shape index (κ1) is 14.0. The largest absolute Gasteiger partial charge is 0.452 e. The van der Waals surface area contributed by atoms with Crippen LogP contribution in [0.1, 0.15) is 24.2 Å². The van der Waals surface area contributed by atoms with E-state index in [1.807, 2.05) is 0 Å². The molecule has 0 radical (unpaired) electrons. The van der Waals surface area contributed by atoms with Crippen LogP contribution < -0.4 is 4.74 Å². The first-order valence-electron chi connectivity index (χ1n) is 6.53. The van der Waals surface area contributed by atoms with E-state index in [1.54, 1.807) is 32.0 Å². The zero-order chi connectivity index (χ0) is 15.9. The van der Waals surface area contributed by atoms with Gasteiger partial charge in [-0.25, -0.2) is 4.79 Å². The molecule has 1 aromatic carbocycles. The molecule has 1 aromatic heterocycles. The van der Waals surface area contributed by atoms with E-state index in [9.17, 15) is 14.9 Å². The number of para-hydroxylation sites is 1. The van der Waals surface area contributed by atoms with E-state index in [0.29, 0.717) is 17.0 Å². The minimum atomic E-state index is -1.09. The third-order valence-corrected chi connectivity index (χ3v) is 3.16. The Balaban J connectivity index is 2.12. The summed E-state index contributed by atoms with van der Waals surface area (Å²) < 4.78 is 10.7. The second kappa shape index (κ2) is 4.80. The summed E-state index contributed by atoms with van der Waals surface area (Å²) in [7, 11) is 0. The molecule has 0 bridgehead atoms. The molecule has 0 aliphatic carbocycles. The molecule has 0 unspecified atom stereocenters. The Hall–Kier alpha value is -2.96. The molecule has 22 heavy (non-hydrogen) atoms. The van der Waals surface area contributed by atoms with Crippen LogP contribution in [0.4, 0.5) is 5.69 Å². The Kier molecular flexibility index (Phi) is 3.05. The Morgan fingerprint density at radius 2 is 1.91 bits per heavy atom. The standard InChI is InChI=1S/C15H12N2O5/c1-15(2)21-13-7-11(16-8-10(13)14(18)22-15)9-5-3-4-6-12(9)17(19)20/h3-8H,1-2H3. The molecule has 0 saturated carbocycles. The smallest absolute Gasteiger partial charge is 0.346 e. The molecular weight excluding hydrogens is 288 g/mol. The number of carbonyl (C=O) groups is 1. The maximum absolute atomic E-state index is 11.9. The second-order valence-corrected chi connectivity index (χ2v) is 5.23. The van der Waals surface area contributed by atoms with Crippen molar-refractivity contribution in [1.82, 2.24) is 4.98 Å². The van der Waals surface area contributed by atoms with Crippen LogP contribution in [0.3, 0.4) is 0 Å². The van der Waals surface area contributed by atoms with Gasteiger partial charge in [-0.05, 0) is 6.07 Å². The highest BCUT2D eigenvalue weighted by atomic mass is 16.7. The third-order valence-electron chi connectivity index (χ3n) is 3.16. The van der Waals surface area contributed by atoms with Gasteiger partial charge in [-0.1, -0.05) is 12.1 Å². The predicted octanol–water partition coefficient (Wildman–Crippen LogP) is 2.94. The quantitative estimate of drug-likeness (QED) is 0.481. The molecule has 0 atom stereocenters. The molecule has 7 nitrogen and oxygen atoms in total. The maximum atomic E-state index is 11.9. The van der Waals surface area contributed by atoms with Crippen molar-refractivity contribution in [2.24, 2.45) is 0 Å². The van der Waals surface area contributed by atoms with Gasteiger partial charge in [0.1, 0.15) is 11.3 Å². The fraction of sp³-hybridized carbons (Fsp3) is 0.200. The molecular formula is C15H12N2O5. The van der Waals surface area contributed by atoms with E-state index in [-0.39, 0.29) is 11.3 Å².